The molecule has 6 nitrogen and oxygen atoms in total. The van der Waals surface area contributed by atoms with Crippen LogP contribution in [0.2, 0.25) is 0 Å². The molecule has 0 aliphatic carbocycles. The van der Waals surface area contributed by atoms with Gasteiger partial charge < -0.3 is 25.8 Å². The summed E-state index contributed by atoms with van der Waals surface area (Å²) in [5, 5.41) is 28.5. The van der Waals surface area contributed by atoms with E-state index in [2.05, 4.69) is 4.98 Å². The van der Waals surface area contributed by atoms with Gasteiger partial charge in [0, 0.05) is 23.5 Å². The highest BCUT2D eigenvalue weighted by atomic mass is 32.1. The largest absolute Gasteiger partial charge is 0.394 e. The number of hydrogen-bond acceptors (Lipinski definition) is 6. The van der Waals surface area contributed by atoms with Crippen molar-refractivity contribution < 1.29 is 20.1 Å². The summed E-state index contributed by atoms with van der Waals surface area (Å²) >= 11 is 4.84. The minimum Gasteiger partial charge on any atom is -0.394 e. The molecule has 1 aliphatic rings. The SMILES string of the molecule is NC(=S)c1cncc([C@@H]2O[C@H](CO)[C@@H](O)[C@@H]2O)c1. The van der Waals surface area contributed by atoms with Gasteiger partial charge in [-0.3, -0.25) is 4.98 Å². The van der Waals surface area contributed by atoms with Crippen LogP contribution >= 0.6 is 12.2 Å². The second kappa shape index (κ2) is 5.25. The van der Waals surface area contributed by atoms with Gasteiger partial charge in [0.2, 0.25) is 0 Å². The predicted molar refractivity (Wildman–Crippen MR) is 66.8 cm³/mol. The molecule has 0 unspecified atom stereocenters. The maximum atomic E-state index is 9.86. The quantitative estimate of drug-likeness (QED) is 0.515. The van der Waals surface area contributed by atoms with Gasteiger partial charge in [0.15, 0.2) is 0 Å². The van der Waals surface area contributed by atoms with Crippen LogP contribution in [0.5, 0.6) is 0 Å². The summed E-state index contributed by atoms with van der Waals surface area (Å²) in [7, 11) is 0. The van der Waals surface area contributed by atoms with Crippen LogP contribution in [0.25, 0.3) is 0 Å². The predicted octanol–water partition coefficient (Wildman–Crippen LogP) is -1.13. The first-order chi connectivity index (χ1) is 8.54. The number of rotatable bonds is 3. The lowest BCUT2D eigenvalue weighted by Crippen LogP contribution is -2.32. The highest BCUT2D eigenvalue weighted by Gasteiger charge is 2.43. The monoisotopic (exact) mass is 270 g/mol. The summed E-state index contributed by atoms with van der Waals surface area (Å²) in [6.45, 7) is -0.364. The van der Waals surface area contributed by atoms with Crippen LogP contribution in [0.4, 0.5) is 0 Å². The number of ether oxygens (including phenoxy) is 1. The van der Waals surface area contributed by atoms with Crippen molar-refractivity contribution in [2.24, 2.45) is 5.73 Å². The molecule has 0 radical (unpaired) electrons. The van der Waals surface area contributed by atoms with Gasteiger partial charge in [-0.15, -0.1) is 0 Å². The van der Waals surface area contributed by atoms with E-state index in [-0.39, 0.29) is 11.6 Å². The van der Waals surface area contributed by atoms with Crippen LogP contribution in [0.15, 0.2) is 18.5 Å². The van der Waals surface area contributed by atoms with Gasteiger partial charge in [0.25, 0.3) is 0 Å². The van der Waals surface area contributed by atoms with Gasteiger partial charge in [-0.1, -0.05) is 12.2 Å². The Balaban J connectivity index is 2.27. The topological polar surface area (TPSA) is 109 Å². The molecule has 2 heterocycles. The highest BCUT2D eigenvalue weighted by molar-refractivity contribution is 7.80. The van der Waals surface area contributed by atoms with E-state index in [4.69, 9.17) is 27.8 Å². The lowest BCUT2D eigenvalue weighted by atomic mass is 10.0. The van der Waals surface area contributed by atoms with Gasteiger partial charge in [0.1, 0.15) is 29.4 Å². The molecular weight excluding hydrogens is 256 g/mol. The fraction of sp³-hybridized carbons (Fsp3) is 0.455. The molecule has 0 bridgehead atoms. The van der Waals surface area contributed by atoms with Crippen LogP contribution in [-0.2, 0) is 4.74 Å². The average Bonchev–Trinajstić information content (AvgIpc) is 2.66. The summed E-state index contributed by atoms with van der Waals surface area (Å²) in [5.74, 6) is 0. The Labute approximate surface area is 109 Å². The van der Waals surface area contributed by atoms with Gasteiger partial charge in [-0.05, 0) is 6.07 Å². The highest BCUT2D eigenvalue weighted by Crippen LogP contribution is 2.33. The van der Waals surface area contributed by atoms with Crippen LogP contribution < -0.4 is 5.73 Å². The molecule has 98 valence electrons. The van der Waals surface area contributed by atoms with Crippen molar-refractivity contribution in [1.29, 1.82) is 0 Å². The Morgan fingerprint density at radius 2 is 2.11 bits per heavy atom. The smallest absolute Gasteiger partial charge is 0.113 e. The Morgan fingerprint density at radius 1 is 1.39 bits per heavy atom. The molecule has 18 heavy (non-hydrogen) atoms. The van der Waals surface area contributed by atoms with Gasteiger partial charge in [-0.2, -0.15) is 0 Å². The van der Waals surface area contributed by atoms with E-state index in [9.17, 15) is 10.2 Å². The molecular formula is C11H14N2O4S. The maximum absolute atomic E-state index is 9.86. The fourth-order valence-electron chi connectivity index (χ4n) is 1.92. The molecule has 2 rings (SSSR count). The van der Waals surface area contributed by atoms with Crippen molar-refractivity contribution in [2.45, 2.75) is 24.4 Å². The number of aliphatic hydroxyl groups is 3. The van der Waals surface area contributed by atoms with E-state index in [1.165, 1.54) is 12.4 Å². The number of nitrogens with zero attached hydrogens (tertiary/aromatic N) is 1. The summed E-state index contributed by atoms with van der Waals surface area (Å²) < 4.78 is 5.38. The molecule has 0 aromatic carbocycles. The van der Waals surface area contributed by atoms with E-state index in [0.717, 1.165) is 0 Å². The number of thiocarbonyl (C=S) groups is 1. The Morgan fingerprint density at radius 3 is 2.67 bits per heavy atom. The summed E-state index contributed by atoms with van der Waals surface area (Å²) in [6, 6.07) is 1.65. The zero-order chi connectivity index (χ0) is 13.3. The van der Waals surface area contributed by atoms with E-state index in [1.54, 1.807) is 6.07 Å². The molecule has 1 aromatic heterocycles. The third-order valence-electron chi connectivity index (χ3n) is 2.91. The third-order valence-corrected chi connectivity index (χ3v) is 3.15. The maximum Gasteiger partial charge on any atom is 0.113 e. The lowest BCUT2D eigenvalue weighted by molar-refractivity contribution is -0.0228. The van der Waals surface area contributed by atoms with Crippen molar-refractivity contribution >= 4 is 17.2 Å². The number of nitrogens with two attached hydrogens (primary N) is 1. The van der Waals surface area contributed by atoms with Crippen LogP contribution in [0, 0.1) is 0 Å². The van der Waals surface area contributed by atoms with Crippen molar-refractivity contribution in [3.05, 3.63) is 29.6 Å². The average molecular weight is 270 g/mol. The Bertz CT molecular complexity index is 456. The minimum atomic E-state index is -1.13. The molecule has 5 N–H and O–H groups in total. The van der Waals surface area contributed by atoms with Crippen LogP contribution in [0.3, 0.4) is 0 Å². The molecule has 0 amide bonds. The van der Waals surface area contributed by atoms with Crippen molar-refractivity contribution in [1.82, 2.24) is 4.98 Å². The van der Waals surface area contributed by atoms with E-state index < -0.39 is 24.4 Å². The van der Waals surface area contributed by atoms with Crippen molar-refractivity contribution in [3.8, 4) is 0 Å². The van der Waals surface area contributed by atoms with Gasteiger partial charge in [0.05, 0.1) is 6.61 Å². The second-order valence-corrected chi connectivity index (χ2v) is 4.57. The standard InChI is InChI=1S/C11H14N2O4S/c12-11(18)6-1-5(2-13-3-6)10-9(16)8(15)7(4-14)17-10/h1-3,7-10,14-16H,4H2,(H2,12,18)/t7-,8-,9+,10+/m1/s1. The lowest BCUT2D eigenvalue weighted by Gasteiger charge is -2.15. The first-order valence-electron chi connectivity index (χ1n) is 5.41. The molecule has 7 heteroatoms. The molecule has 1 aliphatic heterocycles. The molecule has 1 saturated heterocycles. The van der Waals surface area contributed by atoms with Crippen LogP contribution in [0.1, 0.15) is 17.2 Å². The van der Waals surface area contributed by atoms with E-state index in [1.807, 2.05) is 0 Å². The minimum absolute atomic E-state index is 0.191. The zero-order valence-corrected chi connectivity index (χ0v) is 10.2. The normalized spacial score (nSPS) is 31.5. The van der Waals surface area contributed by atoms with Crippen molar-refractivity contribution in [3.63, 3.8) is 0 Å². The number of hydrogen-bond donors (Lipinski definition) is 4. The summed E-state index contributed by atoms with van der Waals surface area (Å²) in [5.41, 5.74) is 6.61. The first-order valence-corrected chi connectivity index (χ1v) is 5.82. The summed E-state index contributed by atoms with van der Waals surface area (Å²) in [4.78, 5) is 4.15. The van der Waals surface area contributed by atoms with E-state index >= 15 is 0 Å². The number of aliphatic hydroxyl groups excluding tert-OH is 3. The fourth-order valence-corrected chi connectivity index (χ4v) is 2.03. The Kier molecular flexibility index (Phi) is 3.88. The van der Waals surface area contributed by atoms with Crippen LogP contribution in [-0.4, -0.2) is 50.2 Å². The van der Waals surface area contributed by atoms with Crippen molar-refractivity contribution in [2.75, 3.05) is 6.61 Å². The first kappa shape index (κ1) is 13.3. The molecule has 0 saturated carbocycles. The Hall–Kier alpha value is -1.12. The molecule has 0 spiro atoms. The second-order valence-electron chi connectivity index (χ2n) is 4.13. The van der Waals surface area contributed by atoms with E-state index in [0.29, 0.717) is 11.1 Å². The third kappa shape index (κ3) is 2.36. The van der Waals surface area contributed by atoms with Gasteiger partial charge >= 0.3 is 0 Å². The summed E-state index contributed by atoms with van der Waals surface area (Å²) in [6.07, 6.45) is -0.800. The number of aromatic nitrogens is 1. The van der Waals surface area contributed by atoms with Gasteiger partial charge in [-0.25, -0.2) is 0 Å². The molecule has 1 aromatic rings. The molecule has 1 fully saturated rings. The number of pyridine rings is 1. The molecule has 4 atom stereocenters. The zero-order valence-electron chi connectivity index (χ0n) is 9.43.